The van der Waals surface area contributed by atoms with Crippen LogP contribution >= 0.6 is 11.6 Å². The Labute approximate surface area is 162 Å². The Bertz CT molecular complexity index is 984. The summed E-state index contributed by atoms with van der Waals surface area (Å²) in [7, 11) is 1.58. The van der Waals surface area contributed by atoms with Crippen molar-refractivity contribution >= 4 is 28.6 Å². The third kappa shape index (κ3) is 3.10. The minimum Gasteiger partial charge on any atom is -0.481 e. The number of fused-ring (bicyclic) bond motifs is 3. The zero-order valence-corrected chi connectivity index (χ0v) is 15.9. The second kappa shape index (κ2) is 7.12. The van der Waals surface area contributed by atoms with Crippen LogP contribution in [0.15, 0.2) is 36.5 Å². The van der Waals surface area contributed by atoms with Gasteiger partial charge in [0.05, 0.1) is 13.7 Å². The molecule has 3 heterocycles. The van der Waals surface area contributed by atoms with Gasteiger partial charge in [-0.15, -0.1) is 0 Å². The number of amides is 1. The van der Waals surface area contributed by atoms with Gasteiger partial charge in [-0.2, -0.15) is 0 Å². The van der Waals surface area contributed by atoms with Gasteiger partial charge in [-0.05, 0) is 48.7 Å². The number of nitrogens with one attached hydrogen (secondary N) is 1. The van der Waals surface area contributed by atoms with Crippen LogP contribution in [0.3, 0.4) is 0 Å². The molecule has 1 atom stereocenters. The van der Waals surface area contributed by atoms with Crippen molar-refractivity contribution in [3.05, 3.63) is 58.4 Å². The number of carbonyl (C=O) groups is 1. The van der Waals surface area contributed by atoms with Crippen LogP contribution in [0.25, 0.3) is 10.9 Å². The maximum Gasteiger partial charge on any atom is 0.410 e. The quantitative estimate of drug-likeness (QED) is 0.728. The Morgan fingerprint density at radius 3 is 2.93 bits per heavy atom. The van der Waals surface area contributed by atoms with Gasteiger partial charge in [-0.3, -0.25) is 4.90 Å². The molecule has 1 aliphatic rings. The van der Waals surface area contributed by atoms with Crippen LogP contribution in [-0.2, 0) is 11.2 Å². The third-order valence-electron chi connectivity index (χ3n) is 4.88. The molecule has 27 heavy (non-hydrogen) atoms. The molecule has 4 rings (SSSR count). The number of ether oxygens (including phenoxy) is 2. The number of aromatic amines is 1. The molecular formula is C20H20ClN3O3. The van der Waals surface area contributed by atoms with Gasteiger partial charge in [0.2, 0.25) is 5.88 Å². The smallest absolute Gasteiger partial charge is 0.410 e. The number of hydrogen-bond donors (Lipinski definition) is 1. The van der Waals surface area contributed by atoms with E-state index in [0.29, 0.717) is 24.1 Å². The Hall–Kier alpha value is -2.73. The number of hydrogen-bond acceptors (Lipinski definition) is 4. The van der Waals surface area contributed by atoms with E-state index in [0.717, 1.165) is 28.6 Å². The van der Waals surface area contributed by atoms with E-state index in [1.807, 2.05) is 31.2 Å². The lowest BCUT2D eigenvalue weighted by Gasteiger charge is -2.35. The van der Waals surface area contributed by atoms with E-state index in [9.17, 15) is 4.79 Å². The van der Waals surface area contributed by atoms with E-state index in [-0.39, 0.29) is 12.1 Å². The first kappa shape index (κ1) is 17.7. The van der Waals surface area contributed by atoms with Crippen molar-refractivity contribution in [1.29, 1.82) is 0 Å². The lowest BCUT2D eigenvalue weighted by molar-refractivity contribution is 0.0931. The van der Waals surface area contributed by atoms with E-state index < -0.39 is 0 Å². The van der Waals surface area contributed by atoms with Crippen molar-refractivity contribution in [2.45, 2.75) is 19.4 Å². The van der Waals surface area contributed by atoms with Crippen molar-refractivity contribution in [3.63, 3.8) is 0 Å². The van der Waals surface area contributed by atoms with Crippen molar-refractivity contribution in [1.82, 2.24) is 14.9 Å². The van der Waals surface area contributed by atoms with Crippen molar-refractivity contribution < 1.29 is 14.3 Å². The fourth-order valence-corrected chi connectivity index (χ4v) is 3.86. The van der Waals surface area contributed by atoms with Crippen molar-refractivity contribution in [2.75, 3.05) is 20.3 Å². The number of rotatable bonds is 3. The standard InChI is InChI=1S/C20H20ClN3O3/c1-3-27-20(25)24-9-8-14-15-10-13(21)5-6-16(15)23-18(14)19(24)12-4-7-17(26-2)22-11-12/h4-7,10-11,19,23H,3,8-9H2,1-2H3. The average Bonchev–Trinajstić information content (AvgIpc) is 3.05. The van der Waals surface area contributed by atoms with E-state index in [4.69, 9.17) is 21.1 Å². The van der Waals surface area contributed by atoms with Gasteiger partial charge >= 0.3 is 6.09 Å². The molecule has 7 heteroatoms. The van der Waals surface area contributed by atoms with Crippen LogP contribution in [-0.4, -0.2) is 41.2 Å². The Balaban J connectivity index is 1.86. The first-order valence-electron chi connectivity index (χ1n) is 8.85. The fraction of sp³-hybridized carbons (Fsp3) is 0.300. The number of benzene rings is 1. The molecule has 6 nitrogen and oxygen atoms in total. The Kier molecular flexibility index (Phi) is 4.66. The fourth-order valence-electron chi connectivity index (χ4n) is 3.68. The molecule has 1 unspecified atom stereocenters. The van der Waals surface area contributed by atoms with Crippen LogP contribution in [0.2, 0.25) is 5.02 Å². The van der Waals surface area contributed by atoms with Gasteiger partial charge in [-0.25, -0.2) is 9.78 Å². The average molecular weight is 386 g/mol. The van der Waals surface area contributed by atoms with Crippen LogP contribution < -0.4 is 4.74 Å². The molecule has 1 N–H and O–H groups in total. The summed E-state index contributed by atoms with van der Waals surface area (Å²) in [5.74, 6) is 0.529. The largest absolute Gasteiger partial charge is 0.481 e. The topological polar surface area (TPSA) is 67.5 Å². The first-order chi connectivity index (χ1) is 13.1. The van der Waals surface area contributed by atoms with E-state index in [1.54, 1.807) is 24.3 Å². The second-order valence-electron chi connectivity index (χ2n) is 6.39. The summed E-state index contributed by atoms with van der Waals surface area (Å²) in [5, 5.41) is 1.78. The summed E-state index contributed by atoms with van der Waals surface area (Å²) in [4.78, 5) is 22.1. The maximum absolute atomic E-state index is 12.6. The van der Waals surface area contributed by atoms with Gasteiger partial charge < -0.3 is 14.5 Å². The van der Waals surface area contributed by atoms with Gasteiger partial charge in [0, 0.05) is 40.4 Å². The summed E-state index contributed by atoms with van der Waals surface area (Å²) in [6.07, 6.45) is 2.14. The van der Waals surface area contributed by atoms with Crippen molar-refractivity contribution in [2.24, 2.45) is 0 Å². The molecule has 1 amide bonds. The molecule has 0 saturated heterocycles. The minimum absolute atomic E-state index is 0.308. The van der Waals surface area contributed by atoms with Crippen LogP contribution in [0.4, 0.5) is 4.79 Å². The Morgan fingerprint density at radius 2 is 2.22 bits per heavy atom. The number of carbonyl (C=O) groups excluding carboxylic acids is 1. The molecular weight excluding hydrogens is 366 g/mol. The highest BCUT2D eigenvalue weighted by atomic mass is 35.5. The maximum atomic E-state index is 12.6. The molecule has 2 aromatic heterocycles. The van der Waals surface area contributed by atoms with Gasteiger partial charge in [-0.1, -0.05) is 11.6 Å². The molecule has 0 fully saturated rings. The van der Waals surface area contributed by atoms with Gasteiger partial charge in [0.25, 0.3) is 0 Å². The molecule has 140 valence electrons. The second-order valence-corrected chi connectivity index (χ2v) is 6.82. The van der Waals surface area contributed by atoms with E-state index >= 15 is 0 Å². The molecule has 1 aromatic carbocycles. The highest BCUT2D eigenvalue weighted by Gasteiger charge is 2.35. The highest BCUT2D eigenvalue weighted by molar-refractivity contribution is 6.31. The van der Waals surface area contributed by atoms with Crippen molar-refractivity contribution in [3.8, 4) is 5.88 Å². The number of halogens is 1. The SMILES string of the molecule is CCOC(=O)N1CCc2c([nH]c3ccc(Cl)cc23)C1c1ccc(OC)nc1. The lowest BCUT2D eigenvalue weighted by atomic mass is 9.93. The van der Waals surface area contributed by atoms with Crippen LogP contribution in [0.5, 0.6) is 5.88 Å². The zero-order valence-electron chi connectivity index (χ0n) is 15.2. The number of H-pyrrole nitrogens is 1. The molecule has 0 bridgehead atoms. The molecule has 1 aliphatic heterocycles. The normalized spacial score (nSPS) is 16.3. The monoisotopic (exact) mass is 385 g/mol. The zero-order chi connectivity index (χ0) is 19.0. The molecule has 3 aromatic rings. The van der Waals surface area contributed by atoms with E-state index in [2.05, 4.69) is 9.97 Å². The molecule has 0 aliphatic carbocycles. The summed E-state index contributed by atoms with van der Waals surface area (Å²) in [6, 6.07) is 9.21. The molecule has 0 spiro atoms. The summed E-state index contributed by atoms with van der Waals surface area (Å²) < 4.78 is 10.5. The minimum atomic E-state index is -0.333. The molecule has 0 radical (unpaired) electrons. The highest BCUT2D eigenvalue weighted by Crippen LogP contribution is 2.39. The first-order valence-corrected chi connectivity index (χ1v) is 9.23. The molecule has 0 saturated carbocycles. The van der Waals surface area contributed by atoms with Crippen LogP contribution in [0.1, 0.15) is 29.8 Å². The lowest BCUT2D eigenvalue weighted by Crippen LogP contribution is -2.41. The number of nitrogens with zero attached hydrogens (tertiary/aromatic N) is 2. The number of aromatic nitrogens is 2. The predicted molar refractivity (Wildman–Crippen MR) is 103 cm³/mol. The predicted octanol–water partition coefficient (Wildman–Crippen LogP) is 4.33. The summed E-state index contributed by atoms with van der Waals surface area (Å²) in [5.41, 5.74) is 4.04. The number of pyridine rings is 1. The Morgan fingerprint density at radius 1 is 1.37 bits per heavy atom. The summed E-state index contributed by atoms with van der Waals surface area (Å²) in [6.45, 7) is 2.70. The summed E-state index contributed by atoms with van der Waals surface area (Å²) >= 11 is 6.20. The van der Waals surface area contributed by atoms with E-state index in [1.165, 1.54) is 5.56 Å². The van der Waals surface area contributed by atoms with Gasteiger partial charge in [0.15, 0.2) is 0 Å². The van der Waals surface area contributed by atoms with Crippen LogP contribution in [0, 0.1) is 0 Å². The third-order valence-corrected chi connectivity index (χ3v) is 5.11. The van der Waals surface area contributed by atoms with Gasteiger partial charge in [0.1, 0.15) is 6.04 Å². The number of methoxy groups -OCH3 is 1.